The normalized spacial score (nSPS) is 10.4. The van der Waals surface area contributed by atoms with Crippen molar-refractivity contribution in [2.45, 2.75) is 5.88 Å². The van der Waals surface area contributed by atoms with Crippen LogP contribution in [-0.2, 0) is 5.88 Å². The first-order valence-corrected chi connectivity index (χ1v) is 6.37. The molecule has 2 aromatic carbocycles. The third-order valence-corrected chi connectivity index (χ3v) is 3.20. The van der Waals surface area contributed by atoms with E-state index in [1.165, 1.54) is 12.1 Å². The summed E-state index contributed by atoms with van der Waals surface area (Å²) in [6.45, 7) is 0. The zero-order valence-electron chi connectivity index (χ0n) is 9.09. The van der Waals surface area contributed by atoms with Crippen molar-refractivity contribution in [2.24, 2.45) is 0 Å². The monoisotopic (exact) mass is 304 g/mol. The molecule has 0 aliphatic heterocycles. The van der Waals surface area contributed by atoms with Crippen LogP contribution in [0.4, 0.5) is 4.39 Å². The predicted molar refractivity (Wildman–Crippen MR) is 72.5 cm³/mol. The van der Waals surface area contributed by atoms with Gasteiger partial charge >= 0.3 is 0 Å². The summed E-state index contributed by atoms with van der Waals surface area (Å²) >= 11 is 17.5. The van der Waals surface area contributed by atoms with E-state index in [1.807, 2.05) is 0 Å². The summed E-state index contributed by atoms with van der Waals surface area (Å²) in [6.07, 6.45) is 0. The highest BCUT2D eigenvalue weighted by Crippen LogP contribution is 2.36. The van der Waals surface area contributed by atoms with Gasteiger partial charge in [-0.25, -0.2) is 4.39 Å². The zero-order valence-corrected chi connectivity index (χ0v) is 11.4. The van der Waals surface area contributed by atoms with Crippen LogP contribution in [0.2, 0.25) is 10.0 Å². The largest absolute Gasteiger partial charge is 0.452 e. The zero-order chi connectivity index (χ0) is 13.1. The average Bonchev–Trinajstić information content (AvgIpc) is 2.37. The molecule has 2 aromatic rings. The molecule has 0 saturated carbocycles. The summed E-state index contributed by atoms with van der Waals surface area (Å²) in [5.41, 5.74) is 0.684. The Kier molecular flexibility index (Phi) is 4.33. The summed E-state index contributed by atoms with van der Waals surface area (Å²) in [5.74, 6) is -0.0464. The fourth-order valence-corrected chi connectivity index (χ4v) is 2.05. The highest BCUT2D eigenvalue weighted by molar-refractivity contribution is 6.32. The Bertz CT molecular complexity index is 572. The van der Waals surface area contributed by atoms with Gasteiger partial charge in [0, 0.05) is 5.56 Å². The second kappa shape index (κ2) is 5.79. The molecular formula is C13H8Cl3FO. The number of rotatable bonds is 3. The molecular weight excluding hydrogens is 297 g/mol. The van der Waals surface area contributed by atoms with Crippen LogP contribution in [0.15, 0.2) is 36.4 Å². The second-order valence-electron chi connectivity index (χ2n) is 3.52. The molecule has 94 valence electrons. The second-order valence-corrected chi connectivity index (χ2v) is 4.60. The van der Waals surface area contributed by atoms with Crippen molar-refractivity contribution in [1.29, 1.82) is 0 Å². The number of benzene rings is 2. The van der Waals surface area contributed by atoms with Crippen molar-refractivity contribution in [3.8, 4) is 11.5 Å². The molecule has 0 N–H and O–H groups in total. The first-order chi connectivity index (χ1) is 8.63. The van der Waals surface area contributed by atoms with Gasteiger partial charge in [-0.15, -0.1) is 11.6 Å². The van der Waals surface area contributed by atoms with Crippen LogP contribution >= 0.6 is 34.8 Å². The number of ether oxygens (including phenoxy) is 1. The Balaban J connectivity index is 2.43. The first kappa shape index (κ1) is 13.5. The van der Waals surface area contributed by atoms with E-state index in [9.17, 15) is 4.39 Å². The molecule has 0 saturated heterocycles. The van der Waals surface area contributed by atoms with Crippen molar-refractivity contribution >= 4 is 34.8 Å². The van der Waals surface area contributed by atoms with Crippen molar-refractivity contribution in [2.75, 3.05) is 0 Å². The molecule has 0 fully saturated rings. The van der Waals surface area contributed by atoms with Crippen molar-refractivity contribution < 1.29 is 9.13 Å². The lowest BCUT2D eigenvalue weighted by Gasteiger charge is -2.12. The number of para-hydroxylation sites is 1. The highest BCUT2D eigenvalue weighted by Gasteiger charge is 2.13. The first-order valence-electron chi connectivity index (χ1n) is 5.08. The average molecular weight is 306 g/mol. The minimum Gasteiger partial charge on any atom is -0.452 e. The van der Waals surface area contributed by atoms with Crippen LogP contribution in [0.3, 0.4) is 0 Å². The lowest BCUT2D eigenvalue weighted by atomic mass is 10.2. The summed E-state index contributed by atoms with van der Waals surface area (Å²) in [6, 6.07) is 9.67. The lowest BCUT2D eigenvalue weighted by Crippen LogP contribution is -1.93. The van der Waals surface area contributed by atoms with E-state index in [1.54, 1.807) is 24.3 Å². The number of alkyl halides is 1. The van der Waals surface area contributed by atoms with Gasteiger partial charge in [0.05, 0.1) is 15.9 Å². The van der Waals surface area contributed by atoms with E-state index in [4.69, 9.17) is 39.5 Å². The fourth-order valence-electron chi connectivity index (χ4n) is 1.45. The SMILES string of the molecule is Fc1c(Cl)cccc1Oc1c(Cl)cccc1CCl. The standard InChI is InChI=1S/C13H8Cl3FO/c14-7-8-3-1-5-10(16)13(8)18-11-6-2-4-9(15)12(11)17/h1-6H,7H2. The summed E-state index contributed by atoms with van der Waals surface area (Å²) < 4.78 is 19.2. The maximum absolute atomic E-state index is 13.7. The topological polar surface area (TPSA) is 9.23 Å². The van der Waals surface area contributed by atoms with Gasteiger partial charge in [0.2, 0.25) is 0 Å². The minimum atomic E-state index is -0.625. The van der Waals surface area contributed by atoms with Crippen LogP contribution in [0.1, 0.15) is 5.56 Å². The molecule has 2 rings (SSSR count). The van der Waals surface area contributed by atoms with E-state index in [-0.39, 0.29) is 16.7 Å². The van der Waals surface area contributed by atoms with Gasteiger partial charge in [0.25, 0.3) is 0 Å². The Morgan fingerprint density at radius 2 is 1.67 bits per heavy atom. The molecule has 1 nitrogen and oxygen atoms in total. The van der Waals surface area contributed by atoms with Gasteiger partial charge in [0.15, 0.2) is 17.3 Å². The highest BCUT2D eigenvalue weighted by atomic mass is 35.5. The molecule has 0 unspecified atom stereocenters. The predicted octanol–water partition coefficient (Wildman–Crippen LogP) is 5.66. The molecule has 18 heavy (non-hydrogen) atoms. The van der Waals surface area contributed by atoms with E-state index in [0.29, 0.717) is 16.3 Å². The molecule has 0 aromatic heterocycles. The quantitative estimate of drug-likeness (QED) is 0.664. The fraction of sp³-hybridized carbons (Fsp3) is 0.0769. The van der Waals surface area contributed by atoms with Gasteiger partial charge in [-0.1, -0.05) is 41.4 Å². The van der Waals surface area contributed by atoms with Gasteiger partial charge in [-0.05, 0) is 18.2 Å². The molecule has 0 amide bonds. The van der Waals surface area contributed by atoms with Gasteiger partial charge in [-0.3, -0.25) is 0 Å². The maximum Gasteiger partial charge on any atom is 0.184 e. The Morgan fingerprint density at radius 1 is 1.00 bits per heavy atom. The Labute approximate surface area is 119 Å². The van der Waals surface area contributed by atoms with Crippen LogP contribution < -0.4 is 4.74 Å². The third-order valence-electron chi connectivity index (χ3n) is 2.32. The molecule has 0 aliphatic carbocycles. The maximum atomic E-state index is 13.7. The third kappa shape index (κ3) is 2.72. The van der Waals surface area contributed by atoms with E-state index in [2.05, 4.69) is 0 Å². The lowest BCUT2D eigenvalue weighted by molar-refractivity contribution is 0.439. The summed E-state index contributed by atoms with van der Waals surface area (Å²) in [5, 5.41) is 0.361. The van der Waals surface area contributed by atoms with Gasteiger partial charge in [0.1, 0.15) is 0 Å². The Morgan fingerprint density at radius 3 is 2.39 bits per heavy atom. The summed E-state index contributed by atoms with van der Waals surface area (Å²) in [4.78, 5) is 0. The molecule has 0 heterocycles. The summed E-state index contributed by atoms with van der Waals surface area (Å²) in [7, 11) is 0. The number of hydrogen-bond acceptors (Lipinski definition) is 1. The van der Waals surface area contributed by atoms with Crippen LogP contribution in [-0.4, -0.2) is 0 Å². The van der Waals surface area contributed by atoms with Crippen molar-refractivity contribution in [1.82, 2.24) is 0 Å². The van der Waals surface area contributed by atoms with Crippen LogP contribution in [0.25, 0.3) is 0 Å². The molecule has 0 radical (unpaired) electrons. The molecule has 0 bridgehead atoms. The molecule has 0 atom stereocenters. The smallest absolute Gasteiger partial charge is 0.184 e. The molecule has 0 aliphatic rings. The Hall–Kier alpha value is -0.960. The number of hydrogen-bond donors (Lipinski definition) is 0. The number of halogens is 4. The van der Waals surface area contributed by atoms with Crippen molar-refractivity contribution in [3.05, 3.63) is 57.8 Å². The van der Waals surface area contributed by atoms with E-state index in [0.717, 1.165) is 0 Å². The van der Waals surface area contributed by atoms with Crippen LogP contribution in [0, 0.1) is 5.82 Å². The molecule has 0 spiro atoms. The van der Waals surface area contributed by atoms with Crippen molar-refractivity contribution in [3.63, 3.8) is 0 Å². The van der Waals surface area contributed by atoms with Crippen LogP contribution in [0.5, 0.6) is 11.5 Å². The molecule has 5 heteroatoms. The van der Waals surface area contributed by atoms with E-state index < -0.39 is 5.82 Å². The van der Waals surface area contributed by atoms with Gasteiger partial charge in [-0.2, -0.15) is 0 Å². The van der Waals surface area contributed by atoms with E-state index >= 15 is 0 Å². The minimum absolute atomic E-state index is 0.00743. The van der Waals surface area contributed by atoms with Gasteiger partial charge < -0.3 is 4.74 Å².